The lowest BCUT2D eigenvalue weighted by Crippen LogP contribution is -2.54. The molecule has 4 aromatic rings. The quantitative estimate of drug-likeness (QED) is 0.549. The van der Waals surface area contributed by atoms with Gasteiger partial charge < -0.3 is 10.2 Å². The lowest BCUT2D eigenvalue weighted by Gasteiger charge is -2.37. The largest absolute Gasteiger partial charge is 0.368 e. The standard InChI is InChI=1S/C22H22F2N6/c1-12-10-30(11-13(2)26-12)16-4-5-19-15(6-16)9-25-22(27-19)14-7-17-20(18(23)8-14)28-29(3)21(17)24/h4-9,12-13,26H,10-11H2,1-3H3. The van der Waals surface area contributed by atoms with Crippen LogP contribution in [-0.2, 0) is 7.05 Å². The second kappa shape index (κ2) is 6.98. The fourth-order valence-electron chi connectivity index (χ4n) is 4.25. The maximum atomic E-state index is 14.5. The van der Waals surface area contributed by atoms with E-state index in [1.165, 1.54) is 13.1 Å². The molecule has 2 aromatic carbocycles. The first-order valence-corrected chi connectivity index (χ1v) is 9.99. The lowest BCUT2D eigenvalue weighted by molar-refractivity contribution is 0.407. The molecule has 6 nitrogen and oxygen atoms in total. The molecule has 0 spiro atoms. The molecule has 1 aliphatic rings. The number of halogens is 2. The molecule has 0 amide bonds. The van der Waals surface area contributed by atoms with Crippen molar-refractivity contribution >= 4 is 27.5 Å². The molecule has 2 atom stereocenters. The molecular formula is C22H22F2N6. The smallest absolute Gasteiger partial charge is 0.219 e. The summed E-state index contributed by atoms with van der Waals surface area (Å²) in [5.74, 6) is -0.831. The van der Waals surface area contributed by atoms with Gasteiger partial charge in [0.2, 0.25) is 5.95 Å². The number of nitrogens with one attached hydrogen (secondary N) is 1. The van der Waals surface area contributed by atoms with Crippen LogP contribution in [0.1, 0.15) is 13.8 Å². The van der Waals surface area contributed by atoms with E-state index < -0.39 is 11.8 Å². The highest BCUT2D eigenvalue weighted by Crippen LogP contribution is 2.28. The molecule has 0 radical (unpaired) electrons. The minimum Gasteiger partial charge on any atom is -0.368 e. The van der Waals surface area contributed by atoms with Crippen LogP contribution < -0.4 is 10.2 Å². The first-order chi connectivity index (χ1) is 14.4. The Kier molecular flexibility index (Phi) is 4.39. The fraction of sp³-hybridized carbons (Fsp3) is 0.318. The number of aryl methyl sites for hydroxylation is 1. The summed E-state index contributed by atoms with van der Waals surface area (Å²) < 4.78 is 29.7. The van der Waals surface area contributed by atoms with Gasteiger partial charge in [0, 0.05) is 55.1 Å². The summed E-state index contributed by atoms with van der Waals surface area (Å²) in [5, 5.41) is 8.44. The zero-order chi connectivity index (χ0) is 21.0. The van der Waals surface area contributed by atoms with Gasteiger partial charge in [-0.2, -0.15) is 9.49 Å². The van der Waals surface area contributed by atoms with E-state index in [0.717, 1.165) is 34.4 Å². The highest BCUT2D eigenvalue weighted by molar-refractivity contribution is 5.86. The van der Waals surface area contributed by atoms with Crippen molar-refractivity contribution in [2.24, 2.45) is 7.05 Å². The molecule has 3 heterocycles. The average Bonchev–Trinajstić information content (AvgIpc) is 3.01. The topological polar surface area (TPSA) is 58.9 Å². The van der Waals surface area contributed by atoms with Crippen molar-refractivity contribution in [2.45, 2.75) is 25.9 Å². The van der Waals surface area contributed by atoms with Gasteiger partial charge in [0.1, 0.15) is 5.52 Å². The predicted octanol–water partition coefficient (Wildman–Crippen LogP) is 3.65. The number of hydrogen-bond donors (Lipinski definition) is 1. The lowest BCUT2D eigenvalue weighted by atomic mass is 10.1. The predicted molar refractivity (Wildman–Crippen MR) is 113 cm³/mol. The molecule has 1 fully saturated rings. The summed E-state index contributed by atoms with van der Waals surface area (Å²) in [7, 11) is 1.44. The Hall–Kier alpha value is -3.13. The van der Waals surface area contributed by atoms with Crippen LogP contribution in [0.5, 0.6) is 0 Å². The highest BCUT2D eigenvalue weighted by Gasteiger charge is 2.21. The summed E-state index contributed by atoms with van der Waals surface area (Å²) in [4.78, 5) is 11.4. The monoisotopic (exact) mass is 408 g/mol. The average molecular weight is 408 g/mol. The normalized spacial score (nSPS) is 19.7. The van der Waals surface area contributed by atoms with Gasteiger partial charge in [-0.25, -0.2) is 19.0 Å². The SMILES string of the molecule is CC1CN(c2ccc3nc(-c4cc(F)c5nn(C)c(F)c5c4)ncc3c2)CC(C)N1. The van der Waals surface area contributed by atoms with Crippen molar-refractivity contribution in [1.29, 1.82) is 0 Å². The molecule has 5 rings (SSSR count). The van der Waals surface area contributed by atoms with E-state index in [9.17, 15) is 8.78 Å². The fourth-order valence-corrected chi connectivity index (χ4v) is 4.25. The molecule has 0 aliphatic carbocycles. The van der Waals surface area contributed by atoms with E-state index >= 15 is 0 Å². The van der Waals surface area contributed by atoms with E-state index in [1.807, 2.05) is 6.07 Å². The van der Waals surface area contributed by atoms with Gasteiger partial charge in [0.15, 0.2) is 11.6 Å². The molecule has 2 aromatic heterocycles. The van der Waals surface area contributed by atoms with Crippen LogP contribution in [0.4, 0.5) is 14.5 Å². The van der Waals surface area contributed by atoms with Crippen LogP contribution in [0.3, 0.4) is 0 Å². The first-order valence-electron chi connectivity index (χ1n) is 9.99. The van der Waals surface area contributed by atoms with E-state index in [4.69, 9.17) is 0 Å². The summed E-state index contributed by atoms with van der Waals surface area (Å²) in [6.45, 7) is 6.23. The molecule has 154 valence electrons. The van der Waals surface area contributed by atoms with Crippen molar-refractivity contribution < 1.29 is 8.78 Å². The van der Waals surface area contributed by atoms with Gasteiger partial charge in [0.05, 0.1) is 10.9 Å². The van der Waals surface area contributed by atoms with Crippen molar-refractivity contribution in [3.05, 3.63) is 48.3 Å². The van der Waals surface area contributed by atoms with Gasteiger partial charge >= 0.3 is 0 Å². The minimum absolute atomic E-state index is 0.00339. The van der Waals surface area contributed by atoms with E-state index in [1.54, 1.807) is 12.3 Å². The highest BCUT2D eigenvalue weighted by atomic mass is 19.1. The molecule has 0 bridgehead atoms. The van der Waals surface area contributed by atoms with Gasteiger partial charge in [-0.3, -0.25) is 0 Å². The summed E-state index contributed by atoms with van der Waals surface area (Å²) in [6, 6.07) is 9.75. The van der Waals surface area contributed by atoms with Crippen molar-refractivity contribution in [1.82, 2.24) is 25.1 Å². The Balaban J connectivity index is 1.53. The molecule has 1 N–H and O–H groups in total. The summed E-state index contributed by atoms with van der Waals surface area (Å²) in [5.41, 5.74) is 2.31. The van der Waals surface area contributed by atoms with E-state index in [-0.39, 0.29) is 10.9 Å². The molecule has 8 heteroatoms. The summed E-state index contributed by atoms with van der Waals surface area (Å²) >= 11 is 0. The van der Waals surface area contributed by atoms with Gasteiger partial charge in [0.25, 0.3) is 0 Å². The number of hydrogen-bond acceptors (Lipinski definition) is 5. The Morgan fingerprint density at radius 1 is 1.07 bits per heavy atom. The molecule has 30 heavy (non-hydrogen) atoms. The molecular weight excluding hydrogens is 386 g/mol. The Labute approximate surface area is 172 Å². The number of rotatable bonds is 2. The third-order valence-electron chi connectivity index (χ3n) is 5.56. The number of benzene rings is 2. The maximum Gasteiger partial charge on any atom is 0.219 e. The molecule has 0 saturated carbocycles. The number of anilines is 1. The number of fused-ring (bicyclic) bond motifs is 2. The molecule has 1 saturated heterocycles. The van der Waals surface area contributed by atoms with Crippen LogP contribution in [-0.4, -0.2) is 44.9 Å². The maximum absolute atomic E-state index is 14.5. The third kappa shape index (κ3) is 3.17. The zero-order valence-electron chi connectivity index (χ0n) is 17.0. The van der Waals surface area contributed by atoms with Gasteiger partial charge in [-0.1, -0.05) is 0 Å². The molecule has 2 unspecified atom stereocenters. The van der Waals surface area contributed by atoms with Crippen LogP contribution in [0.2, 0.25) is 0 Å². The van der Waals surface area contributed by atoms with Crippen molar-refractivity contribution in [3.63, 3.8) is 0 Å². The van der Waals surface area contributed by atoms with Crippen molar-refractivity contribution in [2.75, 3.05) is 18.0 Å². The van der Waals surface area contributed by atoms with Crippen molar-refractivity contribution in [3.8, 4) is 11.4 Å². The van der Waals surface area contributed by atoms with Crippen LogP contribution in [0, 0.1) is 11.8 Å². The van der Waals surface area contributed by atoms with Crippen LogP contribution >= 0.6 is 0 Å². The second-order valence-electron chi connectivity index (χ2n) is 8.08. The number of piperazine rings is 1. The first kappa shape index (κ1) is 18.9. The Bertz CT molecular complexity index is 1260. The van der Waals surface area contributed by atoms with Crippen LogP contribution in [0.15, 0.2) is 36.5 Å². The minimum atomic E-state index is -0.594. The Morgan fingerprint density at radius 2 is 1.83 bits per heavy atom. The third-order valence-corrected chi connectivity index (χ3v) is 5.56. The van der Waals surface area contributed by atoms with E-state index in [0.29, 0.717) is 23.5 Å². The molecule has 1 aliphatic heterocycles. The van der Waals surface area contributed by atoms with Crippen LogP contribution in [0.25, 0.3) is 33.2 Å². The van der Waals surface area contributed by atoms with E-state index in [2.05, 4.69) is 51.3 Å². The number of nitrogens with zero attached hydrogens (tertiary/aromatic N) is 5. The van der Waals surface area contributed by atoms with Gasteiger partial charge in [-0.15, -0.1) is 0 Å². The number of aromatic nitrogens is 4. The Morgan fingerprint density at radius 3 is 2.60 bits per heavy atom. The zero-order valence-corrected chi connectivity index (χ0v) is 17.0. The van der Waals surface area contributed by atoms with Gasteiger partial charge in [-0.05, 0) is 44.2 Å². The second-order valence-corrected chi connectivity index (χ2v) is 8.08. The summed E-state index contributed by atoms with van der Waals surface area (Å²) in [6.07, 6.45) is 1.73.